The molecule has 0 bridgehead atoms. The van der Waals surface area contributed by atoms with Gasteiger partial charge in [-0.25, -0.2) is 0 Å². The molecule has 4 nitrogen and oxygen atoms in total. The van der Waals surface area contributed by atoms with Crippen molar-refractivity contribution in [3.8, 4) is 5.75 Å². The molecule has 28 heavy (non-hydrogen) atoms. The minimum Gasteiger partial charge on any atom is -0.507 e. The van der Waals surface area contributed by atoms with Gasteiger partial charge in [0.2, 0.25) is 0 Å². The predicted octanol–water partition coefficient (Wildman–Crippen LogP) is 6.00. The van der Waals surface area contributed by atoms with Gasteiger partial charge < -0.3 is 10.0 Å². The second-order valence-corrected chi connectivity index (χ2v) is 10.4. The summed E-state index contributed by atoms with van der Waals surface area (Å²) < 4.78 is 4.24. The Kier molecular flexibility index (Phi) is 7.01. The third-order valence-electron chi connectivity index (χ3n) is 5.49. The molecule has 1 saturated heterocycles. The van der Waals surface area contributed by atoms with E-state index in [4.69, 9.17) is 0 Å². The molecular formula is C23H35BrN2O2. The topological polar surface area (TPSA) is 52.9 Å². The minimum atomic E-state index is -0.247. The van der Waals surface area contributed by atoms with Crippen LogP contribution < -0.4 is 0 Å². The molecule has 1 N–H and O–H groups in total. The number of halogens is 1. The number of carbonyl (C=O) groups excluding carboxylic acids is 1. The third-order valence-corrected chi connectivity index (χ3v) is 5.90. The molecule has 1 atom stereocenters. The zero-order chi connectivity index (χ0) is 21.3. The number of Topliss-reactive ketones (excluding diaryl/α,β-unsaturated/α-hetero) is 1. The van der Waals surface area contributed by atoms with E-state index < -0.39 is 0 Å². The zero-order valence-electron chi connectivity index (χ0n) is 18.4. The predicted molar refractivity (Wildman–Crippen MR) is 121 cm³/mol. The lowest BCUT2D eigenvalue weighted by Gasteiger charge is -2.28. The minimum absolute atomic E-state index is 0.0711. The number of amidine groups is 1. The van der Waals surface area contributed by atoms with Gasteiger partial charge in [0.05, 0.1) is 22.7 Å². The molecule has 1 fully saturated rings. The lowest BCUT2D eigenvalue weighted by atomic mass is 9.78. The number of rotatable bonds is 5. The maximum Gasteiger partial charge on any atom is 0.182 e. The van der Waals surface area contributed by atoms with Crippen LogP contribution in [0.4, 0.5) is 0 Å². The number of carbonyl (C=O) groups is 1. The number of aromatic hydroxyl groups is 1. The summed E-state index contributed by atoms with van der Waals surface area (Å²) in [4.78, 5) is 15.3. The number of ketones is 1. The lowest BCUT2D eigenvalue weighted by Crippen LogP contribution is -2.31. The molecule has 0 saturated carbocycles. The Bertz CT molecular complexity index is 722. The van der Waals surface area contributed by atoms with Crippen molar-refractivity contribution in [2.45, 2.75) is 78.6 Å². The van der Waals surface area contributed by atoms with Crippen LogP contribution in [0.3, 0.4) is 0 Å². The molecule has 0 aromatic heterocycles. The van der Waals surface area contributed by atoms with Crippen LogP contribution in [0.1, 0.15) is 89.2 Å². The van der Waals surface area contributed by atoms with E-state index in [1.54, 1.807) is 0 Å². The summed E-state index contributed by atoms with van der Waals surface area (Å²) in [6, 6.07) is 3.74. The molecular weight excluding hydrogens is 416 g/mol. The van der Waals surface area contributed by atoms with Crippen molar-refractivity contribution in [1.29, 1.82) is 0 Å². The van der Waals surface area contributed by atoms with E-state index >= 15 is 0 Å². The molecule has 1 aliphatic rings. The fourth-order valence-corrected chi connectivity index (χ4v) is 4.29. The third kappa shape index (κ3) is 5.16. The summed E-state index contributed by atoms with van der Waals surface area (Å²) in [6.45, 7) is 15.8. The monoisotopic (exact) mass is 450 g/mol. The average Bonchev–Trinajstić information content (AvgIpc) is 2.94. The Morgan fingerprint density at radius 3 is 2.14 bits per heavy atom. The molecule has 1 aromatic carbocycles. The van der Waals surface area contributed by atoms with E-state index in [-0.39, 0.29) is 16.6 Å². The molecule has 1 aromatic rings. The highest BCUT2D eigenvalue weighted by Crippen LogP contribution is 2.40. The first-order valence-electron chi connectivity index (χ1n) is 10.2. The van der Waals surface area contributed by atoms with Gasteiger partial charge in [-0.3, -0.25) is 4.79 Å². The van der Waals surface area contributed by atoms with E-state index in [1.807, 2.05) is 12.1 Å². The number of hydrogen-bond acceptors (Lipinski definition) is 3. The summed E-state index contributed by atoms with van der Waals surface area (Å²) in [5.41, 5.74) is 1.82. The molecule has 1 heterocycles. The van der Waals surface area contributed by atoms with Crippen LogP contribution >= 0.6 is 16.1 Å². The zero-order valence-corrected chi connectivity index (χ0v) is 20.0. The fourth-order valence-electron chi connectivity index (χ4n) is 3.92. The second-order valence-electron chi connectivity index (χ2n) is 10.1. The lowest BCUT2D eigenvalue weighted by molar-refractivity contribution is 0.0963. The molecule has 1 aliphatic heterocycles. The van der Waals surface area contributed by atoms with Gasteiger partial charge in [0, 0.05) is 29.7 Å². The first kappa shape index (κ1) is 22.9. The van der Waals surface area contributed by atoms with Gasteiger partial charge in [-0.2, -0.15) is 4.02 Å². The maximum absolute atomic E-state index is 13.2. The summed E-state index contributed by atoms with van der Waals surface area (Å²) in [7, 11) is 0. The van der Waals surface area contributed by atoms with Gasteiger partial charge in [-0.05, 0) is 35.3 Å². The van der Waals surface area contributed by atoms with Crippen LogP contribution in [0.25, 0.3) is 0 Å². The summed E-state index contributed by atoms with van der Waals surface area (Å²) in [6.07, 6.45) is 3.21. The summed E-state index contributed by atoms with van der Waals surface area (Å²) in [5, 5.41) is 10.9. The first-order valence-corrected chi connectivity index (χ1v) is 10.9. The van der Waals surface area contributed by atoms with Gasteiger partial charge in [0.25, 0.3) is 0 Å². The number of likely N-dealkylation sites (tertiary alicyclic amines) is 1. The summed E-state index contributed by atoms with van der Waals surface area (Å²) in [5.74, 6) is 1.90. The SMILES string of the molecule is CCCC1C/C(=N/Br)N(CC(=O)c2cc(C(C)(C)C)c(O)c(C(C)(C)C)c2)C1. The molecule has 0 spiro atoms. The Labute approximate surface area is 178 Å². The van der Waals surface area contributed by atoms with Crippen LogP contribution in [0.2, 0.25) is 0 Å². The second kappa shape index (κ2) is 8.56. The Hall–Kier alpha value is -1.36. The van der Waals surface area contributed by atoms with Crippen LogP contribution in [0.15, 0.2) is 16.2 Å². The number of hydrogen-bond donors (Lipinski definition) is 1. The number of nitrogens with zero attached hydrogens (tertiary/aromatic N) is 2. The van der Waals surface area contributed by atoms with Crippen molar-refractivity contribution >= 4 is 27.8 Å². The Morgan fingerprint density at radius 1 is 1.18 bits per heavy atom. The molecule has 2 rings (SSSR count). The van der Waals surface area contributed by atoms with Gasteiger partial charge in [-0.15, -0.1) is 0 Å². The van der Waals surface area contributed by atoms with E-state index in [9.17, 15) is 9.90 Å². The van der Waals surface area contributed by atoms with Crippen LogP contribution in [0, 0.1) is 5.92 Å². The quantitative estimate of drug-likeness (QED) is 0.559. The highest BCUT2D eigenvalue weighted by molar-refractivity contribution is 9.08. The molecule has 0 radical (unpaired) electrons. The Morgan fingerprint density at radius 2 is 1.71 bits per heavy atom. The van der Waals surface area contributed by atoms with Crippen LogP contribution in [-0.4, -0.2) is 34.7 Å². The van der Waals surface area contributed by atoms with Crippen molar-refractivity contribution in [2.24, 2.45) is 9.94 Å². The van der Waals surface area contributed by atoms with Crippen molar-refractivity contribution < 1.29 is 9.90 Å². The molecule has 1 unspecified atom stereocenters. The normalized spacial score (nSPS) is 19.5. The molecule has 0 aliphatic carbocycles. The number of phenolic OH excluding ortho intramolecular Hbond substituents is 1. The highest BCUT2D eigenvalue weighted by Gasteiger charge is 2.31. The van der Waals surface area contributed by atoms with Gasteiger partial charge >= 0.3 is 0 Å². The van der Waals surface area contributed by atoms with Crippen LogP contribution in [0.5, 0.6) is 5.75 Å². The van der Waals surface area contributed by atoms with E-state index in [0.29, 0.717) is 23.8 Å². The van der Waals surface area contributed by atoms with Gasteiger partial charge in [-0.1, -0.05) is 54.9 Å². The highest BCUT2D eigenvalue weighted by atomic mass is 79.9. The maximum atomic E-state index is 13.2. The standard InChI is InChI=1S/C23H35BrN2O2/c1-8-9-15-10-20(25-24)26(13-15)14-19(27)16-11-17(22(2,3)4)21(28)18(12-16)23(5,6)7/h11-12,15,28H,8-10,13-14H2,1-7H3/b25-20-. The Balaban J connectivity index is 2.37. The molecule has 156 valence electrons. The number of phenols is 1. The first-order chi connectivity index (χ1) is 12.9. The average molecular weight is 451 g/mol. The van der Waals surface area contributed by atoms with E-state index in [2.05, 4.69) is 73.5 Å². The van der Waals surface area contributed by atoms with Gasteiger partial charge in [0.15, 0.2) is 5.78 Å². The van der Waals surface area contributed by atoms with Crippen LogP contribution in [-0.2, 0) is 10.8 Å². The van der Waals surface area contributed by atoms with Crippen molar-refractivity contribution in [3.05, 3.63) is 28.8 Å². The fraction of sp³-hybridized carbons (Fsp3) is 0.652. The van der Waals surface area contributed by atoms with Gasteiger partial charge in [0.1, 0.15) is 11.6 Å². The smallest absolute Gasteiger partial charge is 0.182 e. The largest absolute Gasteiger partial charge is 0.507 e. The summed E-state index contributed by atoms with van der Waals surface area (Å²) >= 11 is 3.23. The number of benzene rings is 1. The van der Waals surface area contributed by atoms with E-state index in [0.717, 1.165) is 42.8 Å². The van der Waals surface area contributed by atoms with Crippen molar-refractivity contribution in [1.82, 2.24) is 4.90 Å². The van der Waals surface area contributed by atoms with Crippen molar-refractivity contribution in [2.75, 3.05) is 13.1 Å². The molecule has 0 amide bonds. The van der Waals surface area contributed by atoms with E-state index in [1.165, 1.54) is 0 Å². The van der Waals surface area contributed by atoms with Crippen molar-refractivity contribution in [3.63, 3.8) is 0 Å². The molecule has 5 heteroatoms.